The number of aryl methyl sites for hydroxylation is 2. The molecule has 0 fully saturated rings. The fraction of sp³-hybridized carbons (Fsp3) is 0.250. The van der Waals surface area contributed by atoms with Gasteiger partial charge in [-0.2, -0.15) is 0 Å². The lowest BCUT2D eigenvalue weighted by Gasteiger charge is -2.18. The van der Waals surface area contributed by atoms with Crippen LogP contribution in [0.5, 0.6) is 0 Å². The number of hydrogen-bond donors (Lipinski definition) is 0. The van der Waals surface area contributed by atoms with E-state index in [1.54, 1.807) is 0 Å². The Kier molecular flexibility index (Phi) is 6.82. The summed E-state index contributed by atoms with van der Waals surface area (Å²) in [6.45, 7) is 4.42. The van der Waals surface area contributed by atoms with Crippen LogP contribution in [-0.4, -0.2) is 11.6 Å². The molecule has 0 unspecified atom stereocenters. The Morgan fingerprint density at radius 3 is 2.15 bits per heavy atom. The van der Waals surface area contributed by atoms with Crippen molar-refractivity contribution in [2.75, 3.05) is 11.6 Å². The maximum absolute atomic E-state index is 5.84. The molecule has 0 N–H and O–H groups in total. The number of rotatable bonds is 7. The summed E-state index contributed by atoms with van der Waals surface area (Å²) in [5.74, 6) is 1.86. The normalized spacial score (nSPS) is 10.9. The maximum Gasteiger partial charge on any atom is 0.0223 e. The quantitative estimate of drug-likeness (QED) is 0.229. The van der Waals surface area contributed by atoms with Crippen LogP contribution in [-0.2, 0) is 0 Å². The molecule has 0 saturated carbocycles. The van der Waals surface area contributed by atoms with Gasteiger partial charge in [-0.3, -0.25) is 0 Å². The molecule has 0 bridgehead atoms. The van der Waals surface area contributed by atoms with Crippen molar-refractivity contribution in [2.45, 2.75) is 31.6 Å². The van der Waals surface area contributed by atoms with Gasteiger partial charge >= 0.3 is 0 Å². The number of alkyl halides is 1. The first-order valence-corrected chi connectivity index (χ1v) is 10.7. The molecule has 0 heterocycles. The van der Waals surface area contributed by atoms with Crippen LogP contribution in [0.15, 0.2) is 71.6 Å². The lowest BCUT2D eigenvalue weighted by Crippen LogP contribution is -1.93. The molecule has 0 aliphatic carbocycles. The highest BCUT2D eigenvalue weighted by Crippen LogP contribution is 2.40. The minimum Gasteiger partial charge on any atom is -0.127 e. The summed E-state index contributed by atoms with van der Waals surface area (Å²) in [5.41, 5.74) is 7.93. The SMILES string of the molecule is Cc1cccc(-c2cccc(C)c2-c2ccccc2)c1SCCCCCl. The summed E-state index contributed by atoms with van der Waals surface area (Å²) in [7, 11) is 0. The Bertz CT molecular complexity index is 855. The van der Waals surface area contributed by atoms with Gasteiger partial charge in [-0.15, -0.1) is 23.4 Å². The molecule has 0 radical (unpaired) electrons. The van der Waals surface area contributed by atoms with Gasteiger partial charge in [0.05, 0.1) is 0 Å². The zero-order valence-corrected chi connectivity index (χ0v) is 17.0. The number of hydrogen-bond acceptors (Lipinski definition) is 1. The number of thioether (sulfide) groups is 1. The Balaban J connectivity index is 2.08. The van der Waals surface area contributed by atoms with Crippen molar-refractivity contribution in [3.63, 3.8) is 0 Å². The van der Waals surface area contributed by atoms with E-state index >= 15 is 0 Å². The molecule has 0 spiro atoms. The van der Waals surface area contributed by atoms with Gasteiger partial charge in [-0.05, 0) is 65.8 Å². The molecule has 0 nitrogen and oxygen atoms in total. The molecule has 2 heteroatoms. The van der Waals surface area contributed by atoms with E-state index in [2.05, 4.69) is 80.6 Å². The lowest BCUT2D eigenvalue weighted by atomic mass is 9.90. The Morgan fingerprint density at radius 2 is 1.42 bits per heavy atom. The van der Waals surface area contributed by atoms with Crippen LogP contribution in [0.4, 0.5) is 0 Å². The highest BCUT2D eigenvalue weighted by molar-refractivity contribution is 7.99. The lowest BCUT2D eigenvalue weighted by molar-refractivity contribution is 0.902. The van der Waals surface area contributed by atoms with Crippen molar-refractivity contribution in [3.8, 4) is 22.3 Å². The van der Waals surface area contributed by atoms with Crippen molar-refractivity contribution in [3.05, 3.63) is 77.9 Å². The predicted octanol–water partition coefficient (Wildman–Crippen LogP) is 7.75. The van der Waals surface area contributed by atoms with Gasteiger partial charge in [-0.1, -0.05) is 66.7 Å². The van der Waals surface area contributed by atoms with Gasteiger partial charge in [-0.25, -0.2) is 0 Å². The molecule has 3 aromatic rings. The summed E-state index contributed by atoms with van der Waals surface area (Å²) in [6, 6.07) is 24.0. The maximum atomic E-state index is 5.84. The molecule has 3 aromatic carbocycles. The third-order valence-corrected chi connectivity index (χ3v) is 6.20. The highest BCUT2D eigenvalue weighted by atomic mass is 35.5. The van der Waals surface area contributed by atoms with E-state index in [1.807, 2.05) is 11.8 Å². The second-order valence-corrected chi connectivity index (χ2v) is 8.04. The smallest absolute Gasteiger partial charge is 0.0223 e. The van der Waals surface area contributed by atoms with Crippen LogP contribution in [0.1, 0.15) is 24.0 Å². The minimum absolute atomic E-state index is 0.747. The van der Waals surface area contributed by atoms with Gasteiger partial charge in [0, 0.05) is 10.8 Å². The van der Waals surface area contributed by atoms with E-state index in [4.69, 9.17) is 11.6 Å². The van der Waals surface area contributed by atoms with Crippen LogP contribution in [0, 0.1) is 13.8 Å². The first-order chi connectivity index (χ1) is 12.7. The number of halogens is 1. The summed E-state index contributed by atoms with van der Waals surface area (Å²) >= 11 is 7.80. The molecular formula is C24H25ClS. The third kappa shape index (κ3) is 4.34. The second-order valence-electron chi connectivity index (χ2n) is 6.56. The first-order valence-electron chi connectivity index (χ1n) is 9.16. The van der Waals surface area contributed by atoms with Crippen molar-refractivity contribution in [2.24, 2.45) is 0 Å². The van der Waals surface area contributed by atoms with Crippen LogP contribution in [0.2, 0.25) is 0 Å². The van der Waals surface area contributed by atoms with Crippen LogP contribution < -0.4 is 0 Å². The molecule has 0 saturated heterocycles. The van der Waals surface area contributed by atoms with E-state index in [0.29, 0.717) is 0 Å². The van der Waals surface area contributed by atoms with Crippen molar-refractivity contribution in [1.82, 2.24) is 0 Å². The number of unbranched alkanes of at least 4 members (excludes halogenated alkanes) is 1. The fourth-order valence-corrected chi connectivity index (χ4v) is 4.68. The largest absolute Gasteiger partial charge is 0.127 e. The Hall–Kier alpha value is -1.70. The van der Waals surface area contributed by atoms with Crippen LogP contribution in [0.25, 0.3) is 22.3 Å². The van der Waals surface area contributed by atoms with Crippen LogP contribution >= 0.6 is 23.4 Å². The standard InChI is InChI=1S/C24H25ClS/c1-18-10-8-14-21(23(18)20-12-4-3-5-13-20)22-15-9-11-19(2)24(22)26-17-7-6-16-25/h3-5,8-15H,6-7,16-17H2,1-2H3. The average Bonchev–Trinajstić information content (AvgIpc) is 2.66. The molecule has 3 rings (SSSR count). The van der Waals surface area contributed by atoms with Crippen molar-refractivity contribution in [1.29, 1.82) is 0 Å². The highest BCUT2D eigenvalue weighted by Gasteiger charge is 2.14. The van der Waals surface area contributed by atoms with Gasteiger partial charge in [0.15, 0.2) is 0 Å². The Morgan fingerprint density at radius 1 is 0.731 bits per heavy atom. The molecule has 26 heavy (non-hydrogen) atoms. The molecule has 0 amide bonds. The summed E-state index contributed by atoms with van der Waals surface area (Å²) in [6.07, 6.45) is 2.23. The predicted molar refractivity (Wildman–Crippen MR) is 117 cm³/mol. The summed E-state index contributed by atoms with van der Waals surface area (Å²) in [4.78, 5) is 1.39. The van der Waals surface area contributed by atoms with Crippen molar-refractivity contribution < 1.29 is 0 Å². The van der Waals surface area contributed by atoms with E-state index < -0.39 is 0 Å². The van der Waals surface area contributed by atoms with E-state index in [1.165, 1.54) is 38.3 Å². The first kappa shape index (κ1) is 19.1. The topological polar surface area (TPSA) is 0 Å². The van der Waals surface area contributed by atoms with Gasteiger partial charge in [0.2, 0.25) is 0 Å². The summed E-state index contributed by atoms with van der Waals surface area (Å²) < 4.78 is 0. The van der Waals surface area contributed by atoms with Crippen LogP contribution in [0.3, 0.4) is 0 Å². The molecule has 0 aliphatic rings. The zero-order chi connectivity index (χ0) is 18.4. The van der Waals surface area contributed by atoms with E-state index in [-0.39, 0.29) is 0 Å². The molecule has 134 valence electrons. The summed E-state index contributed by atoms with van der Waals surface area (Å²) in [5, 5.41) is 0. The molecule has 0 aliphatic heterocycles. The fourth-order valence-electron chi connectivity index (χ4n) is 3.31. The monoisotopic (exact) mass is 380 g/mol. The molecule has 0 aromatic heterocycles. The Labute approximate surface area is 166 Å². The van der Waals surface area contributed by atoms with Gasteiger partial charge in [0.1, 0.15) is 0 Å². The third-order valence-electron chi connectivity index (χ3n) is 4.61. The second kappa shape index (κ2) is 9.30. The zero-order valence-electron chi connectivity index (χ0n) is 15.5. The van der Waals surface area contributed by atoms with Gasteiger partial charge in [0.25, 0.3) is 0 Å². The molecular weight excluding hydrogens is 356 g/mol. The van der Waals surface area contributed by atoms with Crippen molar-refractivity contribution >= 4 is 23.4 Å². The number of benzene rings is 3. The van der Waals surface area contributed by atoms with E-state index in [0.717, 1.165) is 24.5 Å². The minimum atomic E-state index is 0.747. The van der Waals surface area contributed by atoms with Gasteiger partial charge < -0.3 is 0 Å². The molecule has 0 atom stereocenters. The van der Waals surface area contributed by atoms with E-state index in [9.17, 15) is 0 Å². The average molecular weight is 381 g/mol.